The fourth-order valence-electron chi connectivity index (χ4n) is 1.31. The quantitative estimate of drug-likeness (QED) is 0.647. The molecule has 2 rings (SSSR count). The van der Waals surface area contributed by atoms with Crippen LogP contribution in [0, 0.1) is 18.6 Å². The Balaban J connectivity index is 2.96. The van der Waals surface area contributed by atoms with Crippen molar-refractivity contribution in [2.45, 2.75) is 6.92 Å². The lowest BCUT2D eigenvalue weighted by Crippen LogP contribution is -2.01. The lowest BCUT2D eigenvalue weighted by atomic mass is 10.1. The standard InChI is InChI=1S/C10H6F2O2/c1-5-2-6-3-8(11)9(12)4-7(6)10(13)14-5/h2-4H,1H3. The monoisotopic (exact) mass is 196 g/mol. The SMILES string of the molecule is Cc1cc2cc(F)c(F)cc2c(=O)o1. The van der Waals surface area contributed by atoms with Gasteiger partial charge in [-0.05, 0) is 30.5 Å². The van der Waals surface area contributed by atoms with Crippen molar-refractivity contribution in [2.24, 2.45) is 0 Å². The van der Waals surface area contributed by atoms with Gasteiger partial charge >= 0.3 is 5.63 Å². The van der Waals surface area contributed by atoms with E-state index in [1.807, 2.05) is 0 Å². The summed E-state index contributed by atoms with van der Waals surface area (Å²) in [7, 11) is 0. The Labute approximate surface area is 77.8 Å². The highest BCUT2D eigenvalue weighted by Gasteiger charge is 2.07. The Bertz CT molecular complexity index is 558. The molecule has 0 saturated carbocycles. The third-order valence-corrected chi connectivity index (χ3v) is 1.92. The molecular weight excluding hydrogens is 190 g/mol. The molecule has 1 heterocycles. The molecule has 2 aromatic rings. The highest BCUT2D eigenvalue weighted by molar-refractivity contribution is 5.81. The van der Waals surface area contributed by atoms with Crippen LogP contribution in [-0.2, 0) is 0 Å². The van der Waals surface area contributed by atoms with Gasteiger partial charge in [-0.15, -0.1) is 0 Å². The number of hydrogen-bond donors (Lipinski definition) is 0. The van der Waals surface area contributed by atoms with Crippen LogP contribution < -0.4 is 5.63 Å². The zero-order valence-electron chi connectivity index (χ0n) is 7.30. The molecule has 72 valence electrons. The summed E-state index contributed by atoms with van der Waals surface area (Å²) in [6.07, 6.45) is 0. The lowest BCUT2D eigenvalue weighted by molar-refractivity contribution is 0.485. The molecule has 0 radical (unpaired) electrons. The first-order valence-electron chi connectivity index (χ1n) is 3.97. The van der Waals surface area contributed by atoms with E-state index in [9.17, 15) is 13.6 Å². The number of benzene rings is 1. The summed E-state index contributed by atoms with van der Waals surface area (Å²) in [4.78, 5) is 11.2. The van der Waals surface area contributed by atoms with Crippen LogP contribution in [0.3, 0.4) is 0 Å². The predicted molar refractivity (Wildman–Crippen MR) is 47.1 cm³/mol. The van der Waals surface area contributed by atoms with Gasteiger partial charge in [-0.2, -0.15) is 0 Å². The van der Waals surface area contributed by atoms with Crippen LogP contribution in [0.5, 0.6) is 0 Å². The number of halogens is 2. The predicted octanol–water partition coefficient (Wildman–Crippen LogP) is 2.38. The smallest absolute Gasteiger partial charge is 0.343 e. The van der Waals surface area contributed by atoms with Crippen molar-refractivity contribution in [1.82, 2.24) is 0 Å². The van der Waals surface area contributed by atoms with E-state index in [0.717, 1.165) is 12.1 Å². The fourth-order valence-corrected chi connectivity index (χ4v) is 1.31. The van der Waals surface area contributed by atoms with Crippen LogP contribution in [-0.4, -0.2) is 0 Å². The summed E-state index contributed by atoms with van der Waals surface area (Å²) in [5.41, 5.74) is -0.654. The third-order valence-electron chi connectivity index (χ3n) is 1.92. The first-order valence-corrected chi connectivity index (χ1v) is 3.97. The Hall–Kier alpha value is -1.71. The molecule has 0 unspecified atom stereocenters. The molecule has 2 nitrogen and oxygen atoms in total. The van der Waals surface area contributed by atoms with E-state index < -0.39 is 17.3 Å². The van der Waals surface area contributed by atoms with Gasteiger partial charge in [-0.25, -0.2) is 13.6 Å². The average Bonchev–Trinajstić information content (AvgIpc) is 2.08. The van der Waals surface area contributed by atoms with E-state index >= 15 is 0 Å². The maximum atomic E-state index is 12.8. The molecule has 0 fully saturated rings. The van der Waals surface area contributed by atoms with Crippen LogP contribution in [0.1, 0.15) is 5.76 Å². The van der Waals surface area contributed by atoms with Crippen LogP contribution in [0.2, 0.25) is 0 Å². The second kappa shape index (κ2) is 2.90. The second-order valence-corrected chi connectivity index (χ2v) is 3.00. The largest absolute Gasteiger partial charge is 0.428 e. The zero-order chi connectivity index (χ0) is 10.3. The summed E-state index contributed by atoms with van der Waals surface area (Å²) >= 11 is 0. The molecule has 0 bridgehead atoms. The molecule has 0 aliphatic carbocycles. The first-order chi connectivity index (χ1) is 6.58. The number of fused-ring (bicyclic) bond motifs is 1. The second-order valence-electron chi connectivity index (χ2n) is 3.00. The van der Waals surface area contributed by atoms with Gasteiger partial charge in [0.2, 0.25) is 0 Å². The van der Waals surface area contributed by atoms with Crippen LogP contribution in [0.4, 0.5) is 8.78 Å². The van der Waals surface area contributed by atoms with Crippen molar-refractivity contribution in [3.63, 3.8) is 0 Å². The average molecular weight is 196 g/mol. The normalized spacial score (nSPS) is 10.8. The Morgan fingerprint density at radius 2 is 1.79 bits per heavy atom. The van der Waals surface area contributed by atoms with Crippen molar-refractivity contribution in [1.29, 1.82) is 0 Å². The molecule has 0 amide bonds. The third kappa shape index (κ3) is 1.28. The molecule has 0 N–H and O–H groups in total. The minimum absolute atomic E-state index is 0.0505. The number of rotatable bonds is 0. The van der Waals surface area contributed by atoms with Gasteiger partial charge in [-0.3, -0.25) is 0 Å². The van der Waals surface area contributed by atoms with E-state index in [0.29, 0.717) is 11.1 Å². The Morgan fingerprint density at radius 1 is 1.14 bits per heavy atom. The van der Waals surface area contributed by atoms with Crippen LogP contribution in [0.25, 0.3) is 10.8 Å². The van der Waals surface area contributed by atoms with Crippen molar-refractivity contribution in [3.8, 4) is 0 Å². The van der Waals surface area contributed by atoms with E-state index in [-0.39, 0.29) is 5.39 Å². The summed E-state index contributed by atoms with van der Waals surface area (Å²) in [6.45, 7) is 1.57. The van der Waals surface area contributed by atoms with Gasteiger partial charge < -0.3 is 4.42 Å². The summed E-state index contributed by atoms with van der Waals surface area (Å²) in [5, 5.41) is 0.396. The topological polar surface area (TPSA) is 30.2 Å². The van der Waals surface area contributed by atoms with E-state index in [1.54, 1.807) is 6.92 Å². The molecule has 0 saturated heterocycles. The Kier molecular flexibility index (Phi) is 1.84. The fraction of sp³-hybridized carbons (Fsp3) is 0.100. The summed E-state index contributed by atoms with van der Waals surface area (Å²) < 4.78 is 30.3. The van der Waals surface area contributed by atoms with Gasteiger partial charge in [0.1, 0.15) is 5.76 Å². The maximum Gasteiger partial charge on any atom is 0.343 e. The van der Waals surface area contributed by atoms with Crippen molar-refractivity contribution < 1.29 is 13.2 Å². The highest BCUT2D eigenvalue weighted by atomic mass is 19.2. The molecule has 0 atom stereocenters. The van der Waals surface area contributed by atoms with E-state index in [2.05, 4.69) is 0 Å². The van der Waals surface area contributed by atoms with Crippen molar-refractivity contribution in [2.75, 3.05) is 0 Å². The number of hydrogen-bond acceptors (Lipinski definition) is 2. The Morgan fingerprint density at radius 3 is 2.50 bits per heavy atom. The molecule has 0 aliphatic heterocycles. The van der Waals surface area contributed by atoms with Gasteiger partial charge in [0, 0.05) is 0 Å². The van der Waals surface area contributed by atoms with E-state index in [1.165, 1.54) is 6.07 Å². The maximum absolute atomic E-state index is 12.8. The highest BCUT2D eigenvalue weighted by Crippen LogP contribution is 2.16. The van der Waals surface area contributed by atoms with E-state index in [4.69, 9.17) is 4.42 Å². The minimum Gasteiger partial charge on any atom is -0.428 e. The summed E-state index contributed by atoms with van der Waals surface area (Å²) in [5.74, 6) is -1.65. The molecule has 4 heteroatoms. The van der Waals surface area contributed by atoms with Gasteiger partial charge in [0.05, 0.1) is 5.39 Å². The molecule has 0 aliphatic rings. The summed E-state index contributed by atoms with van der Waals surface area (Å²) in [6, 6.07) is 3.31. The van der Waals surface area contributed by atoms with Gasteiger partial charge in [0.15, 0.2) is 11.6 Å². The van der Waals surface area contributed by atoms with Gasteiger partial charge in [-0.1, -0.05) is 0 Å². The first kappa shape index (κ1) is 8.87. The number of aryl methyl sites for hydroxylation is 1. The molecule has 14 heavy (non-hydrogen) atoms. The zero-order valence-corrected chi connectivity index (χ0v) is 7.30. The lowest BCUT2D eigenvalue weighted by Gasteiger charge is -1.98. The molecule has 1 aromatic carbocycles. The van der Waals surface area contributed by atoms with Crippen LogP contribution in [0.15, 0.2) is 27.4 Å². The van der Waals surface area contributed by atoms with Gasteiger partial charge in [0.25, 0.3) is 0 Å². The van der Waals surface area contributed by atoms with Crippen molar-refractivity contribution in [3.05, 3.63) is 46.0 Å². The molecular formula is C10H6F2O2. The minimum atomic E-state index is -1.05. The molecule has 1 aromatic heterocycles. The van der Waals surface area contributed by atoms with Crippen molar-refractivity contribution >= 4 is 10.8 Å². The molecule has 0 spiro atoms. The van der Waals surface area contributed by atoms with Crippen LogP contribution >= 0.6 is 0 Å².